The number of aryl methyl sites for hydroxylation is 1. The van der Waals surface area contributed by atoms with Crippen LogP contribution < -0.4 is 0 Å². The molecule has 0 spiro atoms. The number of furan rings is 1. The molecule has 0 unspecified atom stereocenters. The molecule has 1 N–H and O–H groups in total. The first-order valence-corrected chi connectivity index (χ1v) is 5.28. The quantitative estimate of drug-likeness (QED) is 0.830. The van der Waals surface area contributed by atoms with Gasteiger partial charge in [-0.05, 0) is 12.5 Å². The van der Waals surface area contributed by atoms with Crippen molar-refractivity contribution >= 4 is 5.97 Å². The Morgan fingerprint density at radius 3 is 2.40 bits per heavy atom. The largest absolute Gasteiger partial charge is 0.478 e. The summed E-state index contributed by atoms with van der Waals surface area (Å²) in [5.41, 5.74) is 0.200. The van der Waals surface area contributed by atoms with Crippen LogP contribution in [0.4, 0.5) is 0 Å². The van der Waals surface area contributed by atoms with E-state index < -0.39 is 5.97 Å². The first kappa shape index (κ1) is 11.8. The molecule has 0 aliphatic heterocycles. The predicted octanol–water partition coefficient (Wildman–Crippen LogP) is 3.23. The zero-order valence-corrected chi connectivity index (χ0v) is 9.76. The summed E-state index contributed by atoms with van der Waals surface area (Å²) in [5.74, 6) is 0.423. The number of carboxylic acid groups (broad SMARTS) is 1. The third-order valence-electron chi connectivity index (χ3n) is 2.91. The molecule has 0 saturated heterocycles. The molecule has 1 aromatic heterocycles. The summed E-state index contributed by atoms with van der Waals surface area (Å²) in [6.45, 7) is 8.07. The van der Waals surface area contributed by atoms with Crippen LogP contribution in [-0.4, -0.2) is 11.1 Å². The molecule has 3 nitrogen and oxygen atoms in total. The number of carbonyl (C=O) groups is 1. The highest BCUT2D eigenvalue weighted by molar-refractivity contribution is 5.89. The summed E-state index contributed by atoms with van der Waals surface area (Å²) in [5, 5.41) is 8.99. The molecule has 1 heterocycles. The van der Waals surface area contributed by atoms with Crippen molar-refractivity contribution in [3.8, 4) is 0 Å². The molecule has 15 heavy (non-hydrogen) atoms. The van der Waals surface area contributed by atoms with Gasteiger partial charge < -0.3 is 9.52 Å². The van der Waals surface area contributed by atoms with Gasteiger partial charge in [0.05, 0.1) is 0 Å². The SMILES string of the molecule is CCc1oc(C(C)(C)CC)cc1C(=O)O. The van der Waals surface area contributed by atoms with Crippen molar-refractivity contribution in [1.29, 1.82) is 0 Å². The minimum absolute atomic E-state index is 0.0996. The van der Waals surface area contributed by atoms with Gasteiger partial charge in [0.1, 0.15) is 17.1 Å². The maximum Gasteiger partial charge on any atom is 0.339 e. The smallest absolute Gasteiger partial charge is 0.339 e. The van der Waals surface area contributed by atoms with Crippen molar-refractivity contribution in [2.45, 2.75) is 46.0 Å². The minimum Gasteiger partial charge on any atom is -0.478 e. The molecular formula is C12H18O3. The van der Waals surface area contributed by atoms with Gasteiger partial charge in [-0.1, -0.05) is 27.7 Å². The second kappa shape index (κ2) is 4.09. The molecule has 0 aromatic carbocycles. The third-order valence-corrected chi connectivity index (χ3v) is 2.91. The van der Waals surface area contributed by atoms with E-state index in [-0.39, 0.29) is 5.41 Å². The van der Waals surface area contributed by atoms with Crippen molar-refractivity contribution in [2.75, 3.05) is 0 Å². The van der Waals surface area contributed by atoms with Crippen molar-refractivity contribution in [3.05, 3.63) is 23.2 Å². The lowest BCUT2D eigenvalue weighted by Gasteiger charge is -2.18. The van der Waals surface area contributed by atoms with Gasteiger partial charge in [-0.25, -0.2) is 4.79 Å². The van der Waals surface area contributed by atoms with Crippen molar-refractivity contribution < 1.29 is 14.3 Å². The number of aromatic carboxylic acids is 1. The van der Waals surface area contributed by atoms with Gasteiger partial charge in [-0.15, -0.1) is 0 Å². The zero-order chi connectivity index (χ0) is 11.6. The summed E-state index contributed by atoms with van der Waals surface area (Å²) in [6.07, 6.45) is 1.53. The number of carboxylic acids is 1. The summed E-state index contributed by atoms with van der Waals surface area (Å²) < 4.78 is 5.60. The molecule has 0 saturated carbocycles. The highest BCUT2D eigenvalue weighted by Gasteiger charge is 2.26. The predicted molar refractivity (Wildman–Crippen MR) is 58.4 cm³/mol. The first-order chi connectivity index (χ1) is 6.92. The summed E-state index contributed by atoms with van der Waals surface area (Å²) in [6, 6.07) is 1.66. The maximum atomic E-state index is 10.9. The zero-order valence-electron chi connectivity index (χ0n) is 9.76. The standard InChI is InChI=1S/C12H18O3/c1-5-9-8(11(13)14)7-10(15-9)12(3,4)6-2/h7H,5-6H2,1-4H3,(H,13,14). The molecule has 0 bridgehead atoms. The van der Waals surface area contributed by atoms with Gasteiger partial charge in [-0.2, -0.15) is 0 Å². The molecule has 0 amide bonds. The van der Waals surface area contributed by atoms with E-state index in [0.717, 1.165) is 12.2 Å². The fraction of sp³-hybridized carbons (Fsp3) is 0.583. The van der Waals surface area contributed by atoms with Gasteiger partial charge in [0.25, 0.3) is 0 Å². The van der Waals surface area contributed by atoms with E-state index in [1.807, 2.05) is 6.92 Å². The third kappa shape index (κ3) is 2.22. The lowest BCUT2D eigenvalue weighted by molar-refractivity contribution is 0.0694. The van der Waals surface area contributed by atoms with Crippen LogP contribution in [0.5, 0.6) is 0 Å². The van der Waals surface area contributed by atoms with Crippen molar-refractivity contribution in [2.24, 2.45) is 0 Å². The van der Waals surface area contributed by atoms with Gasteiger partial charge in [0.2, 0.25) is 0 Å². The molecule has 0 aliphatic rings. The molecular weight excluding hydrogens is 192 g/mol. The second-order valence-corrected chi connectivity index (χ2v) is 4.34. The van der Waals surface area contributed by atoms with E-state index in [1.165, 1.54) is 0 Å². The maximum absolute atomic E-state index is 10.9. The van der Waals surface area contributed by atoms with Crippen LogP contribution in [0.25, 0.3) is 0 Å². The first-order valence-electron chi connectivity index (χ1n) is 5.28. The number of hydrogen-bond acceptors (Lipinski definition) is 2. The molecule has 0 radical (unpaired) electrons. The Labute approximate surface area is 90.1 Å². The van der Waals surface area contributed by atoms with E-state index >= 15 is 0 Å². The molecule has 0 atom stereocenters. The highest BCUT2D eigenvalue weighted by atomic mass is 16.4. The van der Waals surface area contributed by atoms with Crippen LogP contribution in [0.1, 0.15) is 56.0 Å². The van der Waals surface area contributed by atoms with Crippen LogP contribution in [0.3, 0.4) is 0 Å². The molecule has 1 aromatic rings. The molecule has 84 valence electrons. The number of hydrogen-bond donors (Lipinski definition) is 1. The van der Waals surface area contributed by atoms with E-state index in [4.69, 9.17) is 9.52 Å². The average Bonchev–Trinajstić information content (AvgIpc) is 2.62. The second-order valence-electron chi connectivity index (χ2n) is 4.34. The highest BCUT2D eigenvalue weighted by Crippen LogP contribution is 2.30. The lowest BCUT2D eigenvalue weighted by Crippen LogP contribution is -2.14. The average molecular weight is 210 g/mol. The molecule has 0 aliphatic carbocycles. The number of rotatable bonds is 4. The fourth-order valence-electron chi connectivity index (χ4n) is 1.38. The normalized spacial score (nSPS) is 11.7. The van der Waals surface area contributed by atoms with E-state index in [1.54, 1.807) is 6.07 Å². The van der Waals surface area contributed by atoms with E-state index in [9.17, 15) is 4.79 Å². The molecule has 3 heteroatoms. The fourth-order valence-corrected chi connectivity index (χ4v) is 1.38. The topological polar surface area (TPSA) is 50.4 Å². The van der Waals surface area contributed by atoms with Crippen molar-refractivity contribution in [1.82, 2.24) is 0 Å². The summed E-state index contributed by atoms with van der Waals surface area (Å²) in [7, 11) is 0. The van der Waals surface area contributed by atoms with Crippen LogP contribution in [0, 0.1) is 0 Å². The Hall–Kier alpha value is -1.25. The van der Waals surface area contributed by atoms with Crippen LogP contribution in [-0.2, 0) is 11.8 Å². The van der Waals surface area contributed by atoms with E-state index in [2.05, 4.69) is 20.8 Å². The van der Waals surface area contributed by atoms with Crippen LogP contribution >= 0.6 is 0 Å². The van der Waals surface area contributed by atoms with Gasteiger partial charge >= 0.3 is 5.97 Å². The van der Waals surface area contributed by atoms with Gasteiger partial charge in [0, 0.05) is 11.8 Å². The molecule has 0 fully saturated rings. The Morgan fingerprint density at radius 1 is 1.47 bits per heavy atom. The lowest BCUT2D eigenvalue weighted by atomic mass is 9.87. The Morgan fingerprint density at radius 2 is 2.07 bits per heavy atom. The Bertz CT molecular complexity index is 361. The minimum atomic E-state index is -0.909. The Balaban J connectivity index is 3.19. The van der Waals surface area contributed by atoms with E-state index in [0.29, 0.717) is 17.7 Å². The summed E-state index contributed by atoms with van der Waals surface area (Å²) in [4.78, 5) is 10.9. The monoisotopic (exact) mass is 210 g/mol. The summed E-state index contributed by atoms with van der Waals surface area (Å²) >= 11 is 0. The Kier molecular flexibility index (Phi) is 3.22. The van der Waals surface area contributed by atoms with Gasteiger partial charge in [-0.3, -0.25) is 0 Å². The van der Waals surface area contributed by atoms with Crippen LogP contribution in [0.2, 0.25) is 0 Å². The van der Waals surface area contributed by atoms with Crippen molar-refractivity contribution in [3.63, 3.8) is 0 Å². The van der Waals surface area contributed by atoms with Crippen LogP contribution in [0.15, 0.2) is 10.5 Å². The van der Waals surface area contributed by atoms with Gasteiger partial charge in [0.15, 0.2) is 0 Å². The molecule has 1 rings (SSSR count).